The quantitative estimate of drug-likeness (QED) is 0.339. The second kappa shape index (κ2) is 11.4. The zero-order valence-electron chi connectivity index (χ0n) is 22.3. The average molecular weight is 565 g/mol. The summed E-state index contributed by atoms with van der Waals surface area (Å²) in [5.41, 5.74) is 3.75. The molecular weight excluding hydrogens is 536 g/mol. The standard InChI is InChI=1S/C28H29ClN6O5/c1-4-40-28(38)35-16-9-10-23(35)19-11-15(26(37)39-3)12-22(18(19)13-16)33-27-31-14-20(29)24(34-27)32-21-8-6-5-7-17(21)25(36)30-2/h5-8,11-12,14,16,23H,4,9-10,13H2,1-3H3,(H,30,36)(H2,31,32,33,34). The fourth-order valence-electron chi connectivity index (χ4n) is 5.35. The molecule has 2 aromatic carbocycles. The van der Waals surface area contributed by atoms with Crippen molar-refractivity contribution in [3.05, 3.63) is 69.9 Å². The van der Waals surface area contributed by atoms with Gasteiger partial charge >= 0.3 is 12.1 Å². The van der Waals surface area contributed by atoms with Crippen molar-refractivity contribution in [3.8, 4) is 0 Å². The summed E-state index contributed by atoms with van der Waals surface area (Å²) in [6.45, 7) is 2.07. The number of para-hydroxylation sites is 1. The zero-order chi connectivity index (χ0) is 28.4. The van der Waals surface area contributed by atoms with Gasteiger partial charge in [-0.2, -0.15) is 4.98 Å². The lowest BCUT2D eigenvalue weighted by Crippen LogP contribution is -2.42. The third kappa shape index (κ3) is 5.12. The number of carbonyl (C=O) groups is 3. The molecule has 1 aromatic heterocycles. The molecule has 2 unspecified atom stereocenters. The lowest BCUT2D eigenvalue weighted by molar-refractivity contribution is 0.0600. The van der Waals surface area contributed by atoms with Gasteiger partial charge in [-0.1, -0.05) is 23.7 Å². The van der Waals surface area contributed by atoms with E-state index in [2.05, 4.69) is 25.9 Å². The van der Waals surface area contributed by atoms with Gasteiger partial charge in [-0.05, 0) is 61.6 Å². The number of methoxy groups -OCH3 is 1. The molecular formula is C28H29ClN6O5. The summed E-state index contributed by atoms with van der Waals surface area (Å²) < 4.78 is 10.3. The Labute approximate surface area is 236 Å². The van der Waals surface area contributed by atoms with E-state index in [1.54, 1.807) is 55.3 Å². The molecule has 0 saturated carbocycles. The molecule has 1 fully saturated rings. The first kappa shape index (κ1) is 27.2. The number of carbonyl (C=O) groups excluding carboxylic acids is 3. The van der Waals surface area contributed by atoms with Crippen molar-refractivity contribution in [2.45, 2.75) is 38.3 Å². The maximum absolute atomic E-state index is 12.8. The number of anilines is 4. The van der Waals surface area contributed by atoms with Crippen molar-refractivity contribution in [2.75, 3.05) is 31.4 Å². The molecule has 5 rings (SSSR count). The molecule has 0 radical (unpaired) electrons. The van der Waals surface area contributed by atoms with Gasteiger partial charge in [0.05, 0.1) is 42.8 Å². The number of aromatic nitrogens is 2. The highest BCUT2D eigenvalue weighted by Crippen LogP contribution is 2.47. The minimum absolute atomic E-state index is 0.0225. The summed E-state index contributed by atoms with van der Waals surface area (Å²) in [6.07, 6.45) is 3.25. The van der Waals surface area contributed by atoms with Crippen molar-refractivity contribution in [1.82, 2.24) is 20.2 Å². The Hall–Kier alpha value is -4.38. The van der Waals surface area contributed by atoms with Crippen LogP contribution in [0.3, 0.4) is 0 Å². The Balaban J connectivity index is 1.51. The number of hydrogen-bond donors (Lipinski definition) is 3. The normalized spacial score (nSPS) is 17.1. The molecule has 3 heterocycles. The fraction of sp³-hybridized carbons (Fsp3) is 0.321. The molecule has 208 valence electrons. The topological polar surface area (TPSA) is 135 Å². The van der Waals surface area contributed by atoms with Gasteiger partial charge in [0.1, 0.15) is 5.02 Å². The van der Waals surface area contributed by atoms with Gasteiger partial charge in [0.25, 0.3) is 5.91 Å². The van der Waals surface area contributed by atoms with Crippen LogP contribution in [0.5, 0.6) is 0 Å². The molecule has 2 atom stereocenters. The lowest BCUT2D eigenvalue weighted by atomic mass is 9.90. The number of hydrogen-bond acceptors (Lipinski definition) is 9. The summed E-state index contributed by atoms with van der Waals surface area (Å²) in [5.74, 6) is -0.237. The van der Waals surface area contributed by atoms with Crippen molar-refractivity contribution in [1.29, 1.82) is 0 Å². The second-order valence-corrected chi connectivity index (χ2v) is 9.81. The Morgan fingerprint density at radius 2 is 1.93 bits per heavy atom. The van der Waals surface area contributed by atoms with Crippen LogP contribution in [0.4, 0.5) is 27.9 Å². The van der Waals surface area contributed by atoms with E-state index in [-0.39, 0.29) is 41.7 Å². The molecule has 40 heavy (non-hydrogen) atoms. The number of amides is 2. The number of fused-ring (bicyclic) bond motifs is 4. The van der Waals surface area contributed by atoms with E-state index < -0.39 is 5.97 Å². The Morgan fingerprint density at radius 1 is 1.12 bits per heavy atom. The first-order valence-corrected chi connectivity index (χ1v) is 13.3. The summed E-state index contributed by atoms with van der Waals surface area (Å²) in [4.78, 5) is 48.4. The first-order valence-electron chi connectivity index (χ1n) is 12.9. The minimum atomic E-state index is -0.501. The summed E-state index contributed by atoms with van der Waals surface area (Å²) in [5, 5.41) is 9.24. The molecule has 2 bridgehead atoms. The largest absolute Gasteiger partial charge is 0.465 e. The third-order valence-electron chi connectivity index (χ3n) is 7.13. The molecule has 1 saturated heterocycles. The van der Waals surface area contributed by atoms with Crippen molar-refractivity contribution >= 4 is 52.7 Å². The number of nitrogens with zero attached hydrogens (tertiary/aromatic N) is 3. The van der Waals surface area contributed by atoms with Gasteiger partial charge in [-0.3, -0.25) is 9.69 Å². The third-order valence-corrected chi connectivity index (χ3v) is 7.40. The highest BCUT2D eigenvalue weighted by atomic mass is 35.5. The van der Waals surface area contributed by atoms with E-state index in [4.69, 9.17) is 21.1 Å². The minimum Gasteiger partial charge on any atom is -0.465 e. The maximum Gasteiger partial charge on any atom is 0.410 e. The Kier molecular flexibility index (Phi) is 7.74. The molecule has 0 aliphatic carbocycles. The van der Waals surface area contributed by atoms with Crippen LogP contribution < -0.4 is 16.0 Å². The Morgan fingerprint density at radius 3 is 2.67 bits per heavy atom. The summed E-state index contributed by atoms with van der Waals surface area (Å²) in [7, 11) is 2.88. The Bertz CT molecular complexity index is 1480. The highest BCUT2D eigenvalue weighted by molar-refractivity contribution is 6.33. The maximum atomic E-state index is 12.8. The molecule has 0 spiro atoms. The van der Waals surface area contributed by atoms with Gasteiger partial charge in [-0.15, -0.1) is 0 Å². The van der Waals surface area contributed by atoms with Gasteiger partial charge in [-0.25, -0.2) is 14.6 Å². The van der Waals surface area contributed by atoms with Crippen molar-refractivity contribution in [2.24, 2.45) is 0 Å². The van der Waals surface area contributed by atoms with Crippen LogP contribution in [0.15, 0.2) is 42.6 Å². The van der Waals surface area contributed by atoms with Gasteiger partial charge in [0.15, 0.2) is 5.82 Å². The van der Waals surface area contributed by atoms with Crippen LogP contribution in [0, 0.1) is 0 Å². The van der Waals surface area contributed by atoms with Crippen molar-refractivity contribution in [3.63, 3.8) is 0 Å². The van der Waals surface area contributed by atoms with E-state index in [0.717, 1.165) is 24.0 Å². The van der Waals surface area contributed by atoms with Crippen LogP contribution in [0.2, 0.25) is 5.02 Å². The summed E-state index contributed by atoms with van der Waals surface area (Å²) in [6, 6.07) is 10.2. The van der Waals surface area contributed by atoms with Gasteiger partial charge < -0.3 is 25.4 Å². The van der Waals surface area contributed by atoms with Crippen LogP contribution in [-0.4, -0.2) is 59.6 Å². The van der Waals surface area contributed by atoms with E-state index >= 15 is 0 Å². The number of rotatable bonds is 7. The highest BCUT2D eigenvalue weighted by Gasteiger charge is 2.44. The molecule has 12 heteroatoms. The molecule has 11 nitrogen and oxygen atoms in total. The van der Waals surface area contributed by atoms with Crippen LogP contribution in [-0.2, 0) is 15.9 Å². The molecule has 3 N–H and O–H groups in total. The predicted octanol–water partition coefficient (Wildman–Crippen LogP) is 4.98. The average Bonchev–Trinajstić information content (AvgIpc) is 3.29. The molecule has 2 aliphatic rings. The van der Waals surface area contributed by atoms with Gasteiger partial charge in [0.2, 0.25) is 5.95 Å². The second-order valence-electron chi connectivity index (χ2n) is 9.41. The number of halogens is 1. The summed E-state index contributed by atoms with van der Waals surface area (Å²) >= 11 is 6.41. The lowest BCUT2D eigenvalue weighted by Gasteiger charge is -2.36. The monoisotopic (exact) mass is 564 g/mol. The van der Waals surface area contributed by atoms with E-state index in [9.17, 15) is 14.4 Å². The SMILES string of the molecule is CCOC(=O)N1C2CCC1c1cc(C(=O)OC)cc(Nc3ncc(Cl)c(Nc4ccccc4C(=O)NC)n3)c1C2. The van der Waals surface area contributed by atoms with E-state index in [1.807, 2.05) is 0 Å². The van der Waals surface area contributed by atoms with E-state index in [0.29, 0.717) is 34.7 Å². The van der Waals surface area contributed by atoms with Crippen LogP contribution in [0.25, 0.3) is 0 Å². The number of benzene rings is 2. The fourth-order valence-corrected chi connectivity index (χ4v) is 5.49. The number of esters is 1. The zero-order valence-corrected chi connectivity index (χ0v) is 23.0. The number of nitrogens with one attached hydrogen (secondary N) is 3. The molecule has 3 aromatic rings. The predicted molar refractivity (Wildman–Crippen MR) is 150 cm³/mol. The smallest absolute Gasteiger partial charge is 0.410 e. The van der Waals surface area contributed by atoms with Crippen molar-refractivity contribution < 1.29 is 23.9 Å². The van der Waals surface area contributed by atoms with Crippen LogP contribution >= 0.6 is 11.6 Å². The first-order chi connectivity index (χ1) is 19.3. The van der Waals surface area contributed by atoms with Crippen LogP contribution in [0.1, 0.15) is 57.7 Å². The van der Waals surface area contributed by atoms with E-state index in [1.165, 1.54) is 13.3 Å². The molecule has 2 amide bonds. The van der Waals surface area contributed by atoms with Gasteiger partial charge in [0, 0.05) is 18.8 Å². The number of ether oxygens (including phenoxy) is 2. The molecule has 2 aliphatic heterocycles.